The molecular formula is C38H46N2O19. The van der Waals surface area contributed by atoms with Crippen LogP contribution in [0.1, 0.15) is 66.7 Å². The first kappa shape index (κ1) is 44.6. The highest BCUT2D eigenvalue weighted by atomic mass is 16.8. The highest BCUT2D eigenvalue weighted by Gasteiger charge is 2.62. The average Bonchev–Trinajstić information content (AvgIpc) is 3.63. The standard InChI is InChI=1S/C38H46N2O19/c1-19(41)49-17-26(53-21(3)43)30(55-23(5)45)32-29(54-22(4)44)25(52-20(2)42)15-38(59-32,35(47)50-16-24-11-9-8-10-12-24)51-18-27-31-33(58-37(6,7)57-31)34(56-27)40-14-13-28(46)39-36(40)48/h8-14,25-27,29-34H,15-18H2,1-7H3,(H,39,46,48)/t25-,26+,27+,29+,30+,31+,32+,33+,34+,38-/m0/s1. The molecule has 21 nitrogen and oxygen atoms in total. The summed E-state index contributed by atoms with van der Waals surface area (Å²) < 4.78 is 65.4. The van der Waals surface area contributed by atoms with Crippen LogP contribution in [0, 0.1) is 0 Å². The molecule has 10 atom stereocenters. The number of carbonyl (C=O) groups excluding carboxylic acids is 6. The van der Waals surface area contributed by atoms with Crippen LogP contribution in [0.25, 0.3) is 0 Å². The van der Waals surface area contributed by atoms with Gasteiger partial charge in [-0.2, -0.15) is 0 Å². The molecule has 59 heavy (non-hydrogen) atoms. The van der Waals surface area contributed by atoms with Gasteiger partial charge in [-0.15, -0.1) is 0 Å². The number of nitrogens with one attached hydrogen (secondary N) is 1. The summed E-state index contributed by atoms with van der Waals surface area (Å²) in [6.45, 7) is 6.76. The number of nitrogens with zero attached hydrogens (tertiary/aromatic N) is 1. The van der Waals surface area contributed by atoms with Gasteiger partial charge in [0.05, 0.1) is 13.0 Å². The third-order valence-corrected chi connectivity index (χ3v) is 9.12. The van der Waals surface area contributed by atoms with Gasteiger partial charge in [0.2, 0.25) is 0 Å². The molecule has 0 bridgehead atoms. The maximum Gasteiger partial charge on any atom is 0.367 e. The van der Waals surface area contributed by atoms with Crippen LogP contribution >= 0.6 is 0 Å². The second-order valence-electron chi connectivity index (χ2n) is 14.3. The molecular weight excluding hydrogens is 788 g/mol. The van der Waals surface area contributed by atoms with Gasteiger partial charge in [0.25, 0.3) is 11.3 Å². The second kappa shape index (κ2) is 18.6. The van der Waals surface area contributed by atoms with Gasteiger partial charge < -0.3 is 52.1 Å². The zero-order valence-corrected chi connectivity index (χ0v) is 33.3. The Labute approximate surface area is 336 Å². The lowest BCUT2D eigenvalue weighted by Crippen LogP contribution is -2.66. The summed E-state index contributed by atoms with van der Waals surface area (Å²) in [7, 11) is 0. The fourth-order valence-electron chi connectivity index (χ4n) is 6.97. The predicted molar refractivity (Wildman–Crippen MR) is 192 cm³/mol. The number of fused-ring (bicyclic) bond motifs is 1. The molecule has 21 heteroatoms. The molecule has 0 saturated carbocycles. The van der Waals surface area contributed by atoms with E-state index in [9.17, 15) is 38.4 Å². The summed E-state index contributed by atoms with van der Waals surface area (Å²) in [5.74, 6) is -9.61. The Hall–Kier alpha value is -5.48. The van der Waals surface area contributed by atoms with Crippen LogP contribution in [-0.2, 0) is 87.5 Å². The third kappa shape index (κ3) is 11.2. The SMILES string of the molecule is CC(=O)OC[C@@H](OC(C)=O)[C@@H](OC(C)=O)[C@@H]1O[C@](OC[C@H]2O[C@@H](n3ccc(=O)[nH]c3=O)[C@@H]3OC(C)(C)O[C@@H]32)(C(=O)OCc2ccccc2)C[C@H](OC(C)=O)[C@H]1OC(C)=O. The van der Waals surface area contributed by atoms with E-state index in [1.807, 2.05) is 0 Å². The summed E-state index contributed by atoms with van der Waals surface area (Å²) in [6.07, 6.45) is -12.5. The van der Waals surface area contributed by atoms with E-state index < -0.39 is 133 Å². The zero-order chi connectivity index (χ0) is 43.2. The van der Waals surface area contributed by atoms with Crippen LogP contribution in [0.15, 0.2) is 52.2 Å². The van der Waals surface area contributed by atoms with Gasteiger partial charge in [0.1, 0.15) is 43.7 Å². The minimum atomic E-state index is -2.64. The number of aromatic nitrogens is 2. The van der Waals surface area contributed by atoms with Crippen molar-refractivity contribution in [2.45, 2.75) is 128 Å². The predicted octanol–water partition coefficient (Wildman–Crippen LogP) is 0.489. The van der Waals surface area contributed by atoms with Gasteiger partial charge in [-0.25, -0.2) is 9.59 Å². The van der Waals surface area contributed by atoms with E-state index >= 15 is 0 Å². The first-order valence-corrected chi connectivity index (χ1v) is 18.4. The van der Waals surface area contributed by atoms with Crippen molar-refractivity contribution in [3.8, 4) is 0 Å². The summed E-state index contributed by atoms with van der Waals surface area (Å²) >= 11 is 0. The van der Waals surface area contributed by atoms with Crippen LogP contribution in [-0.4, -0.2) is 119 Å². The Balaban J connectivity index is 1.61. The third-order valence-electron chi connectivity index (χ3n) is 9.12. The second-order valence-corrected chi connectivity index (χ2v) is 14.3. The lowest BCUT2D eigenvalue weighted by atomic mass is 9.89. The minimum Gasteiger partial charge on any atom is -0.462 e. The summed E-state index contributed by atoms with van der Waals surface area (Å²) in [5, 5.41) is 0. The lowest BCUT2D eigenvalue weighted by molar-refractivity contribution is -0.336. The molecule has 0 aliphatic carbocycles. The van der Waals surface area contributed by atoms with Crippen LogP contribution in [0.2, 0.25) is 0 Å². The molecule has 0 amide bonds. The van der Waals surface area contributed by atoms with Crippen molar-refractivity contribution in [3.63, 3.8) is 0 Å². The number of hydrogen-bond donors (Lipinski definition) is 1. The van der Waals surface area contributed by atoms with Crippen molar-refractivity contribution in [2.75, 3.05) is 13.2 Å². The number of aromatic amines is 1. The Morgan fingerprint density at radius 2 is 1.47 bits per heavy atom. The van der Waals surface area contributed by atoms with Gasteiger partial charge in [0.15, 0.2) is 30.3 Å². The molecule has 4 heterocycles. The van der Waals surface area contributed by atoms with Gasteiger partial charge in [0, 0.05) is 46.9 Å². The molecule has 0 unspecified atom stereocenters. The Morgan fingerprint density at radius 3 is 2.08 bits per heavy atom. The number of H-pyrrole nitrogens is 1. The smallest absolute Gasteiger partial charge is 0.367 e. The van der Waals surface area contributed by atoms with Crippen molar-refractivity contribution in [1.29, 1.82) is 0 Å². The largest absolute Gasteiger partial charge is 0.462 e. The monoisotopic (exact) mass is 834 g/mol. The number of esters is 6. The van der Waals surface area contributed by atoms with E-state index in [1.54, 1.807) is 44.2 Å². The van der Waals surface area contributed by atoms with Gasteiger partial charge in [-0.05, 0) is 19.4 Å². The number of carbonyl (C=O) groups is 6. The molecule has 3 aliphatic heterocycles. The summed E-state index contributed by atoms with van der Waals surface area (Å²) in [5.41, 5.74) is -0.930. The summed E-state index contributed by atoms with van der Waals surface area (Å²) in [6, 6.07) is 9.60. The van der Waals surface area contributed by atoms with E-state index in [-0.39, 0.29) is 6.61 Å². The molecule has 5 rings (SSSR count). The van der Waals surface area contributed by atoms with E-state index in [0.717, 1.165) is 45.3 Å². The fraction of sp³-hybridized carbons (Fsp3) is 0.579. The minimum absolute atomic E-state index is 0.326. The molecule has 3 saturated heterocycles. The molecule has 3 aliphatic rings. The zero-order valence-electron chi connectivity index (χ0n) is 33.3. The number of benzene rings is 1. The van der Waals surface area contributed by atoms with Crippen LogP contribution < -0.4 is 11.2 Å². The molecule has 322 valence electrons. The topological polar surface area (TPSA) is 259 Å². The average molecular weight is 835 g/mol. The quantitative estimate of drug-likeness (QED) is 0.189. The van der Waals surface area contributed by atoms with E-state index in [0.29, 0.717) is 5.56 Å². The van der Waals surface area contributed by atoms with Crippen LogP contribution in [0.4, 0.5) is 0 Å². The van der Waals surface area contributed by atoms with Gasteiger partial charge in [-0.3, -0.25) is 38.3 Å². The number of hydrogen-bond acceptors (Lipinski definition) is 19. The maximum absolute atomic E-state index is 14.5. The molecule has 3 fully saturated rings. The van der Waals surface area contributed by atoms with Crippen molar-refractivity contribution < 1.29 is 80.9 Å². The van der Waals surface area contributed by atoms with Crippen molar-refractivity contribution in [2.24, 2.45) is 0 Å². The van der Waals surface area contributed by atoms with Crippen LogP contribution in [0.5, 0.6) is 0 Å². The molecule has 1 N–H and O–H groups in total. The van der Waals surface area contributed by atoms with Gasteiger partial charge >= 0.3 is 41.5 Å². The van der Waals surface area contributed by atoms with E-state index in [1.165, 1.54) is 6.20 Å². The first-order valence-electron chi connectivity index (χ1n) is 18.4. The van der Waals surface area contributed by atoms with Crippen molar-refractivity contribution >= 4 is 35.8 Å². The Morgan fingerprint density at radius 1 is 0.814 bits per heavy atom. The number of rotatable bonds is 15. The van der Waals surface area contributed by atoms with Gasteiger partial charge in [-0.1, -0.05) is 30.3 Å². The fourth-order valence-corrected chi connectivity index (χ4v) is 6.97. The molecule has 0 spiro atoms. The van der Waals surface area contributed by atoms with Crippen molar-refractivity contribution in [3.05, 3.63) is 69.0 Å². The van der Waals surface area contributed by atoms with E-state index in [4.69, 9.17) is 52.1 Å². The first-order chi connectivity index (χ1) is 27.8. The highest BCUT2D eigenvalue weighted by Crippen LogP contribution is 2.44. The Bertz CT molecular complexity index is 2000. The molecule has 1 aromatic carbocycles. The van der Waals surface area contributed by atoms with Crippen molar-refractivity contribution in [1.82, 2.24) is 9.55 Å². The highest BCUT2D eigenvalue weighted by molar-refractivity contribution is 5.78. The molecule has 0 radical (unpaired) electrons. The van der Waals surface area contributed by atoms with E-state index in [2.05, 4.69) is 4.98 Å². The molecule has 1 aromatic heterocycles. The summed E-state index contributed by atoms with van der Waals surface area (Å²) in [4.78, 5) is 104. The Kier molecular flexibility index (Phi) is 14.1. The lowest BCUT2D eigenvalue weighted by Gasteiger charge is -2.48. The normalized spacial score (nSPS) is 27.9. The molecule has 2 aromatic rings. The van der Waals surface area contributed by atoms with Crippen LogP contribution in [0.3, 0.4) is 0 Å². The maximum atomic E-state index is 14.5. The number of ether oxygens (including phenoxy) is 11.